The zero-order valence-electron chi connectivity index (χ0n) is 16.2. The molecule has 0 saturated carbocycles. The minimum Gasteiger partial charge on any atom is -0.362 e. The van der Waals surface area contributed by atoms with E-state index in [1.807, 2.05) is 11.8 Å². The number of rotatable bonds is 5. The van der Waals surface area contributed by atoms with Gasteiger partial charge in [-0.3, -0.25) is 4.79 Å². The minimum absolute atomic E-state index is 0.0687. The Kier molecular flexibility index (Phi) is 5.71. The number of benzene rings is 2. The van der Waals surface area contributed by atoms with Crippen molar-refractivity contribution in [3.8, 4) is 0 Å². The summed E-state index contributed by atoms with van der Waals surface area (Å²) in [4.78, 5) is 14.6. The van der Waals surface area contributed by atoms with Crippen LogP contribution in [0.2, 0.25) is 0 Å². The number of sulfonamides is 1. The molecule has 0 spiro atoms. The highest BCUT2D eigenvalue weighted by molar-refractivity contribution is 7.89. The van der Waals surface area contributed by atoms with E-state index in [0.29, 0.717) is 29.8 Å². The van der Waals surface area contributed by atoms with Crippen LogP contribution >= 0.6 is 0 Å². The summed E-state index contributed by atoms with van der Waals surface area (Å²) in [6, 6.07) is 7.94. The van der Waals surface area contributed by atoms with Crippen LogP contribution in [0.5, 0.6) is 0 Å². The number of fused-ring (bicyclic) bond motifs is 1. The van der Waals surface area contributed by atoms with Gasteiger partial charge in [-0.25, -0.2) is 17.5 Å². The second-order valence-corrected chi connectivity index (χ2v) is 8.81. The molecule has 8 heteroatoms. The number of nitrogens with one attached hydrogen (secondary N) is 2. The maximum atomic E-state index is 14.1. The van der Waals surface area contributed by atoms with Gasteiger partial charge < -0.3 is 10.2 Å². The van der Waals surface area contributed by atoms with Gasteiger partial charge in [-0.2, -0.15) is 0 Å². The topological polar surface area (TPSA) is 78.5 Å². The van der Waals surface area contributed by atoms with Crippen LogP contribution in [0.4, 0.5) is 15.8 Å². The maximum absolute atomic E-state index is 14.1. The maximum Gasteiger partial charge on any atom is 0.243 e. The highest BCUT2D eigenvalue weighted by Crippen LogP contribution is 2.32. The number of amides is 1. The van der Waals surface area contributed by atoms with Crippen molar-refractivity contribution in [2.24, 2.45) is 0 Å². The number of anilines is 2. The van der Waals surface area contributed by atoms with Gasteiger partial charge in [-0.15, -0.1) is 0 Å². The largest absolute Gasteiger partial charge is 0.362 e. The first kappa shape index (κ1) is 20.3. The molecule has 0 atom stereocenters. The second kappa shape index (κ2) is 7.89. The fraction of sp³-hybridized carbons (Fsp3) is 0.350. The summed E-state index contributed by atoms with van der Waals surface area (Å²) in [6.07, 6.45) is 1.43. The Bertz CT molecular complexity index is 1020. The first-order valence-corrected chi connectivity index (χ1v) is 10.6. The van der Waals surface area contributed by atoms with Crippen LogP contribution in [0.1, 0.15) is 23.1 Å². The molecule has 1 heterocycles. The Morgan fingerprint density at radius 2 is 1.89 bits per heavy atom. The summed E-state index contributed by atoms with van der Waals surface area (Å²) in [5.74, 6) is -0.528. The fourth-order valence-electron chi connectivity index (χ4n) is 3.57. The van der Waals surface area contributed by atoms with Crippen molar-refractivity contribution < 1.29 is 17.6 Å². The number of hydrogen-bond donors (Lipinski definition) is 2. The third kappa shape index (κ3) is 4.02. The van der Waals surface area contributed by atoms with Crippen LogP contribution in [0, 0.1) is 19.7 Å². The smallest absolute Gasteiger partial charge is 0.243 e. The lowest BCUT2D eigenvalue weighted by atomic mass is 9.97. The van der Waals surface area contributed by atoms with Crippen molar-refractivity contribution in [2.45, 2.75) is 31.6 Å². The molecule has 0 radical (unpaired) electrons. The second-order valence-electron chi connectivity index (χ2n) is 6.95. The lowest BCUT2D eigenvalue weighted by Gasteiger charge is -2.32. The van der Waals surface area contributed by atoms with E-state index in [1.165, 1.54) is 19.2 Å². The number of halogens is 1. The van der Waals surface area contributed by atoms with Crippen LogP contribution in [0.15, 0.2) is 35.2 Å². The number of hydrogen-bond acceptors (Lipinski definition) is 4. The van der Waals surface area contributed by atoms with Gasteiger partial charge in [0.25, 0.3) is 0 Å². The minimum atomic E-state index is -3.62. The molecule has 3 rings (SSSR count). The Morgan fingerprint density at radius 3 is 2.61 bits per heavy atom. The first-order chi connectivity index (χ1) is 13.2. The molecule has 1 aliphatic rings. The van der Waals surface area contributed by atoms with E-state index >= 15 is 0 Å². The van der Waals surface area contributed by atoms with E-state index in [9.17, 15) is 17.6 Å². The summed E-state index contributed by atoms with van der Waals surface area (Å²) in [5.41, 5.74) is 3.35. The normalized spacial score (nSPS) is 13.9. The van der Waals surface area contributed by atoms with Crippen molar-refractivity contribution in [2.75, 3.05) is 30.4 Å². The molecule has 2 N–H and O–H groups in total. The molecule has 0 bridgehead atoms. The third-order valence-corrected chi connectivity index (χ3v) is 6.52. The Balaban J connectivity index is 1.80. The highest BCUT2D eigenvalue weighted by atomic mass is 32.2. The van der Waals surface area contributed by atoms with Gasteiger partial charge in [-0.1, -0.05) is 12.1 Å². The average molecular weight is 405 g/mol. The Morgan fingerprint density at radius 1 is 1.18 bits per heavy atom. The van der Waals surface area contributed by atoms with Crippen molar-refractivity contribution in [3.05, 3.63) is 52.8 Å². The predicted octanol–water partition coefficient (Wildman–Crippen LogP) is 2.74. The van der Waals surface area contributed by atoms with Crippen LogP contribution in [-0.4, -0.2) is 34.5 Å². The molecule has 28 heavy (non-hydrogen) atoms. The molecule has 1 aliphatic heterocycles. The van der Waals surface area contributed by atoms with Crippen molar-refractivity contribution in [1.29, 1.82) is 0 Å². The van der Waals surface area contributed by atoms with E-state index in [1.54, 1.807) is 25.1 Å². The third-order valence-electron chi connectivity index (χ3n) is 4.96. The fourth-order valence-corrected chi connectivity index (χ4v) is 4.57. The van der Waals surface area contributed by atoms with Crippen LogP contribution < -0.4 is 14.9 Å². The van der Waals surface area contributed by atoms with E-state index in [-0.39, 0.29) is 23.2 Å². The summed E-state index contributed by atoms with van der Waals surface area (Å²) in [7, 11) is -2.28. The molecule has 2 aromatic rings. The molecular weight excluding hydrogens is 381 g/mol. The van der Waals surface area contributed by atoms with Crippen LogP contribution in [-0.2, 0) is 21.2 Å². The van der Waals surface area contributed by atoms with E-state index in [0.717, 1.165) is 17.7 Å². The van der Waals surface area contributed by atoms with Crippen molar-refractivity contribution in [3.63, 3.8) is 0 Å². The highest BCUT2D eigenvalue weighted by Gasteiger charge is 2.24. The quantitative estimate of drug-likeness (QED) is 0.802. The zero-order chi connectivity index (χ0) is 20.5. The summed E-state index contributed by atoms with van der Waals surface area (Å²) < 4.78 is 40.7. The molecule has 150 valence electrons. The summed E-state index contributed by atoms with van der Waals surface area (Å²) in [5, 5.41) is 2.75. The first-order valence-electron chi connectivity index (χ1n) is 9.10. The lowest BCUT2D eigenvalue weighted by molar-refractivity contribution is -0.115. The number of nitrogens with zero attached hydrogens (tertiary/aromatic N) is 1. The van der Waals surface area contributed by atoms with E-state index in [2.05, 4.69) is 10.0 Å². The molecule has 0 aromatic heterocycles. The Labute approximate surface area is 164 Å². The summed E-state index contributed by atoms with van der Waals surface area (Å²) in [6.45, 7) is 4.33. The standard InChI is InChI=1S/C20H24FN3O3S/c1-13-6-8-15(11-18(13)28(26,27)22-3)23-19(25)12-24-10-4-5-16-17(21)9-7-14(2)20(16)24/h6-9,11,22H,4-5,10,12H2,1-3H3,(H,23,25). The summed E-state index contributed by atoms with van der Waals surface area (Å²) >= 11 is 0. The van der Waals surface area contributed by atoms with Crippen LogP contribution in [0.3, 0.4) is 0 Å². The van der Waals surface area contributed by atoms with Crippen molar-refractivity contribution in [1.82, 2.24) is 4.72 Å². The van der Waals surface area contributed by atoms with Gasteiger partial charge in [0.15, 0.2) is 0 Å². The van der Waals surface area contributed by atoms with E-state index < -0.39 is 10.0 Å². The predicted molar refractivity (Wildman–Crippen MR) is 108 cm³/mol. The van der Waals surface area contributed by atoms with Gasteiger partial charge in [0.05, 0.1) is 11.4 Å². The SMILES string of the molecule is CNS(=O)(=O)c1cc(NC(=O)CN2CCCc3c(F)ccc(C)c32)ccc1C. The molecule has 0 fully saturated rings. The molecule has 0 unspecified atom stereocenters. The molecule has 1 amide bonds. The van der Waals surface area contributed by atoms with Crippen molar-refractivity contribution >= 4 is 27.3 Å². The van der Waals surface area contributed by atoms with Gasteiger partial charge in [0.1, 0.15) is 5.82 Å². The van der Waals surface area contributed by atoms with Gasteiger partial charge in [0, 0.05) is 23.5 Å². The van der Waals surface area contributed by atoms with Gasteiger partial charge in [-0.05, 0) is 63.1 Å². The van der Waals surface area contributed by atoms with Crippen LogP contribution in [0.25, 0.3) is 0 Å². The number of aryl methyl sites for hydroxylation is 2. The lowest BCUT2D eigenvalue weighted by Crippen LogP contribution is -2.37. The van der Waals surface area contributed by atoms with E-state index in [4.69, 9.17) is 0 Å². The monoisotopic (exact) mass is 405 g/mol. The molecule has 0 aliphatic carbocycles. The Hall–Kier alpha value is -2.45. The molecular formula is C20H24FN3O3S. The molecule has 0 saturated heterocycles. The number of carbonyl (C=O) groups excluding carboxylic acids is 1. The average Bonchev–Trinajstić information content (AvgIpc) is 2.66. The molecule has 2 aromatic carbocycles. The van der Waals surface area contributed by atoms with Gasteiger partial charge >= 0.3 is 0 Å². The molecule has 6 nitrogen and oxygen atoms in total. The van der Waals surface area contributed by atoms with Gasteiger partial charge in [0.2, 0.25) is 15.9 Å². The zero-order valence-corrected chi connectivity index (χ0v) is 17.0. The number of carbonyl (C=O) groups is 1.